The molecule has 1 N–H and O–H groups in total. The molecule has 1 amide bonds. The Balaban J connectivity index is 1.65. The number of para-hydroxylation sites is 1. The van der Waals surface area contributed by atoms with Crippen LogP contribution >= 0.6 is 15.9 Å². The molecule has 0 bridgehead atoms. The summed E-state index contributed by atoms with van der Waals surface area (Å²) in [6.45, 7) is 1.61. The molecule has 2 rings (SSSR count). The fourth-order valence-corrected chi connectivity index (χ4v) is 3.16. The largest absolute Gasteiger partial charge is 0.496 e. The van der Waals surface area contributed by atoms with Crippen LogP contribution in [0.2, 0.25) is 0 Å². The molecule has 0 aliphatic carbocycles. The first-order valence-electron chi connectivity index (χ1n) is 8.45. The van der Waals surface area contributed by atoms with Crippen molar-refractivity contribution in [3.8, 4) is 5.75 Å². The Morgan fingerprint density at radius 1 is 1.20 bits per heavy atom. The van der Waals surface area contributed by atoms with E-state index in [1.165, 1.54) is 5.69 Å². The summed E-state index contributed by atoms with van der Waals surface area (Å²) < 4.78 is 6.13. The molecule has 0 spiro atoms. The molecule has 0 fully saturated rings. The minimum atomic E-state index is 0.0919. The third-order valence-corrected chi connectivity index (χ3v) is 4.67. The van der Waals surface area contributed by atoms with E-state index in [1.807, 2.05) is 36.4 Å². The number of methoxy groups -OCH3 is 1. The van der Waals surface area contributed by atoms with E-state index in [-0.39, 0.29) is 5.91 Å². The number of halogens is 1. The molecular formula is C20H25BrN2O2. The second kappa shape index (κ2) is 10.1. The van der Waals surface area contributed by atoms with Gasteiger partial charge in [-0.15, -0.1) is 0 Å². The molecule has 5 heteroatoms. The summed E-state index contributed by atoms with van der Waals surface area (Å²) in [5, 5.41) is 2.99. The number of carbonyl (C=O) groups excluding carboxylic acids is 1. The standard InChI is InChI=1S/C20H25BrN2O2/c1-23(17-7-4-3-5-8-17)14-6-13-22-20(24)12-10-16-9-11-19(25-2)18(21)15-16/h3-5,7-9,11,15H,6,10,12-14H2,1-2H3,(H,22,24). The van der Waals surface area contributed by atoms with Gasteiger partial charge in [-0.3, -0.25) is 4.79 Å². The zero-order valence-electron chi connectivity index (χ0n) is 14.8. The van der Waals surface area contributed by atoms with Crippen molar-refractivity contribution in [3.63, 3.8) is 0 Å². The lowest BCUT2D eigenvalue weighted by Crippen LogP contribution is -2.28. The van der Waals surface area contributed by atoms with E-state index in [0.29, 0.717) is 13.0 Å². The van der Waals surface area contributed by atoms with E-state index in [4.69, 9.17) is 4.74 Å². The van der Waals surface area contributed by atoms with Crippen LogP contribution in [0.1, 0.15) is 18.4 Å². The highest BCUT2D eigenvalue weighted by atomic mass is 79.9. The van der Waals surface area contributed by atoms with Crippen LogP contribution in [-0.2, 0) is 11.2 Å². The van der Waals surface area contributed by atoms with Crippen LogP contribution in [0, 0.1) is 0 Å². The van der Waals surface area contributed by atoms with Crippen molar-refractivity contribution < 1.29 is 9.53 Å². The summed E-state index contributed by atoms with van der Waals surface area (Å²) in [6, 6.07) is 16.2. The zero-order valence-corrected chi connectivity index (χ0v) is 16.4. The van der Waals surface area contributed by atoms with E-state index in [1.54, 1.807) is 7.11 Å². The Bertz CT molecular complexity index is 677. The third-order valence-electron chi connectivity index (χ3n) is 4.05. The molecule has 0 saturated carbocycles. The molecule has 0 saturated heterocycles. The normalized spacial score (nSPS) is 10.4. The van der Waals surface area contributed by atoms with Gasteiger partial charge in [-0.2, -0.15) is 0 Å². The molecule has 4 nitrogen and oxygen atoms in total. The Kier molecular flexibility index (Phi) is 7.79. The molecule has 0 unspecified atom stereocenters. The van der Waals surface area contributed by atoms with Crippen molar-refractivity contribution in [2.45, 2.75) is 19.3 Å². The lowest BCUT2D eigenvalue weighted by Gasteiger charge is -2.19. The summed E-state index contributed by atoms with van der Waals surface area (Å²) in [4.78, 5) is 14.2. The van der Waals surface area contributed by atoms with Crippen LogP contribution in [0.25, 0.3) is 0 Å². The van der Waals surface area contributed by atoms with Gasteiger partial charge >= 0.3 is 0 Å². The zero-order chi connectivity index (χ0) is 18.1. The number of hydrogen-bond donors (Lipinski definition) is 1. The highest BCUT2D eigenvalue weighted by molar-refractivity contribution is 9.10. The van der Waals surface area contributed by atoms with E-state index >= 15 is 0 Å². The van der Waals surface area contributed by atoms with Gasteiger partial charge in [0.1, 0.15) is 5.75 Å². The van der Waals surface area contributed by atoms with Crippen molar-refractivity contribution in [3.05, 3.63) is 58.6 Å². The molecule has 0 radical (unpaired) electrons. The van der Waals surface area contributed by atoms with Gasteiger partial charge in [0.2, 0.25) is 5.91 Å². The topological polar surface area (TPSA) is 41.6 Å². The number of hydrogen-bond acceptors (Lipinski definition) is 3. The van der Waals surface area contributed by atoms with Crippen LogP contribution in [0.4, 0.5) is 5.69 Å². The highest BCUT2D eigenvalue weighted by Crippen LogP contribution is 2.25. The van der Waals surface area contributed by atoms with Gasteiger partial charge in [-0.05, 0) is 58.6 Å². The number of anilines is 1. The van der Waals surface area contributed by atoms with Crippen molar-refractivity contribution in [1.82, 2.24) is 5.32 Å². The lowest BCUT2D eigenvalue weighted by atomic mass is 10.1. The van der Waals surface area contributed by atoms with Gasteiger partial charge in [0, 0.05) is 32.2 Å². The lowest BCUT2D eigenvalue weighted by molar-refractivity contribution is -0.121. The monoisotopic (exact) mass is 404 g/mol. The van der Waals surface area contributed by atoms with Gasteiger partial charge in [-0.25, -0.2) is 0 Å². The van der Waals surface area contributed by atoms with Crippen LogP contribution in [0.5, 0.6) is 5.75 Å². The van der Waals surface area contributed by atoms with Crippen molar-refractivity contribution >= 4 is 27.5 Å². The van der Waals surface area contributed by atoms with E-state index < -0.39 is 0 Å². The molecule has 0 heterocycles. The number of amides is 1. The molecule has 2 aromatic rings. The minimum Gasteiger partial charge on any atom is -0.496 e. The summed E-state index contributed by atoms with van der Waals surface area (Å²) in [7, 11) is 3.71. The quantitative estimate of drug-likeness (QED) is 0.641. The maximum atomic E-state index is 12.0. The molecule has 0 aliphatic rings. The van der Waals surface area contributed by atoms with Gasteiger partial charge < -0.3 is 15.0 Å². The Morgan fingerprint density at radius 3 is 2.64 bits per heavy atom. The van der Waals surface area contributed by atoms with E-state index in [0.717, 1.165) is 35.2 Å². The predicted molar refractivity (Wildman–Crippen MR) is 106 cm³/mol. The first kappa shape index (κ1) is 19.3. The summed E-state index contributed by atoms with van der Waals surface area (Å²) in [5.41, 5.74) is 2.31. The van der Waals surface area contributed by atoms with Crippen LogP contribution in [0.3, 0.4) is 0 Å². The summed E-state index contributed by atoms with van der Waals surface area (Å²) >= 11 is 3.47. The first-order valence-corrected chi connectivity index (χ1v) is 9.24. The maximum absolute atomic E-state index is 12.0. The molecule has 0 aromatic heterocycles. The maximum Gasteiger partial charge on any atom is 0.220 e. The van der Waals surface area contributed by atoms with Crippen molar-refractivity contribution in [2.75, 3.05) is 32.1 Å². The summed E-state index contributed by atoms with van der Waals surface area (Å²) in [5.74, 6) is 0.894. The van der Waals surface area contributed by atoms with Gasteiger partial charge in [0.15, 0.2) is 0 Å². The van der Waals surface area contributed by atoms with Crippen LogP contribution < -0.4 is 15.0 Å². The number of ether oxygens (including phenoxy) is 1. The second-order valence-electron chi connectivity index (χ2n) is 5.93. The van der Waals surface area contributed by atoms with Crippen molar-refractivity contribution in [1.29, 1.82) is 0 Å². The summed E-state index contributed by atoms with van der Waals surface area (Å²) in [6.07, 6.45) is 2.14. The predicted octanol–water partition coefficient (Wildman–Crippen LogP) is 4.03. The number of nitrogens with zero attached hydrogens (tertiary/aromatic N) is 1. The number of rotatable bonds is 9. The van der Waals surface area contributed by atoms with E-state index in [2.05, 4.69) is 45.3 Å². The van der Waals surface area contributed by atoms with Gasteiger partial charge in [-0.1, -0.05) is 24.3 Å². The smallest absolute Gasteiger partial charge is 0.220 e. The van der Waals surface area contributed by atoms with Crippen LogP contribution in [-0.4, -0.2) is 33.2 Å². The van der Waals surface area contributed by atoms with Gasteiger partial charge in [0.25, 0.3) is 0 Å². The Hall–Kier alpha value is -2.01. The number of aryl methyl sites for hydroxylation is 1. The number of nitrogens with one attached hydrogen (secondary N) is 1. The SMILES string of the molecule is COc1ccc(CCC(=O)NCCCN(C)c2ccccc2)cc1Br. The van der Waals surface area contributed by atoms with Gasteiger partial charge in [0.05, 0.1) is 11.6 Å². The highest BCUT2D eigenvalue weighted by Gasteiger charge is 2.05. The average Bonchev–Trinajstić information content (AvgIpc) is 2.64. The second-order valence-corrected chi connectivity index (χ2v) is 6.78. The minimum absolute atomic E-state index is 0.0919. The van der Waals surface area contributed by atoms with E-state index in [9.17, 15) is 4.79 Å². The molecule has 25 heavy (non-hydrogen) atoms. The fraction of sp³-hybridized carbons (Fsp3) is 0.350. The Morgan fingerprint density at radius 2 is 1.96 bits per heavy atom. The average molecular weight is 405 g/mol. The molecule has 134 valence electrons. The first-order chi connectivity index (χ1) is 12.1. The Labute approximate surface area is 158 Å². The third kappa shape index (κ3) is 6.42. The fourth-order valence-electron chi connectivity index (χ4n) is 2.57. The van der Waals surface area contributed by atoms with Crippen molar-refractivity contribution in [2.24, 2.45) is 0 Å². The number of carbonyl (C=O) groups is 1. The van der Waals surface area contributed by atoms with Crippen LogP contribution in [0.15, 0.2) is 53.0 Å². The molecule has 0 aliphatic heterocycles. The number of benzene rings is 2. The molecule has 2 aromatic carbocycles. The molecule has 0 atom stereocenters. The molecular weight excluding hydrogens is 380 g/mol.